The van der Waals surface area contributed by atoms with Gasteiger partial charge in [0.25, 0.3) is 0 Å². The maximum absolute atomic E-state index is 10.6. The number of carboxylic acid groups (broad SMARTS) is 1. The summed E-state index contributed by atoms with van der Waals surface area (Å²) in [5.41, 5.74) is 1.43. The zero-order valence-electron chi connectivity index (χ0n) is 10.6. The standard InChI is InChI=1S/C11H14BrN.C2HF3O2/c12-10-3-1-2-9(8-10)4-5-11-6-7-13-11;3-2(4,5)1(6)7/h1-3,8,11,13H,4-7H2;(H,6,7). The molecule has 0 radical (unpaired) electrons. The second kappa shape index (κ2) is 7.64. The third-order valence-corrected chi connectivity index (χ3v) is 3.33. The summed E-state index contributed by atoms with van der Waals surface area (Å²) in [7, 11) is 0. The van der Waals surface area contributed by atoms with Crippen molar-refractivity contribution in [2.24, 2.45) is 0 Å². The van der Waals surface area contributed by atoms with Crippen LogP contribution in [-0.2, 0) is 11.2 Å². The number of hydrogen-bond donors (Lipinski definition) is 2. The minimum atomic E-state index is -5.08. The topological polar surface area (TPSA) is 49.3 Å². The summed E-state index contributed by atoms with van der Waals surface area (Å²) in [5.74, 6) is -2.76. The summed E-state index contributed by atoms with van der Waals surface area (Å²) >= 11 is 3.48. The maximum atomic E-state index is 10.6. The van der Waals surface area contributed by atoms with Crippen LogP contribution in [0.1, 0.15) is 18.4 Å². The van der Waals surface area contributed by atoms with Crippen molar-refractivity contribution >= 4 is 21.9 Å². The van der Waals surface area contributed by atoms with Gasteiger partial charge in [0.1, 0.15) is 0 Å². The zero-order chi connectivity index (χ0) is 15.2. The first kappa shape index (κ1) is 17.0. The van der Waals surface area contributed by atoms with Gasteiger partial charge in [-0.25, -0.2) is 4.79 Å². The van der Waals surface area contributed by atoms with Crippen LogP contribution in [0.25, 0.3) is 0 Å². The molecule has 1 aliphatic heterocycles. The van der Waals surface area contributed by atoms with Crippen LogP contribution in [0.4, 0.5) is 13.2 Å². The molecule has 0 spiro atoms. The second-order valence-electron chi connectivity index (χ2n) is 4.41. The van der Waals surface area contributed by atoms with E-state index in [-0.39, 0.29) is 0 Å². The van der Waals surface area contributed by atoms with E-state index in [0.717, 1.165) is 6.04 Å². The Hall–Kier alpha value is -1.08. The molecule has 0 aromatic heterocycles. The fourth-order valence-corrected chi connectivity index (χ4v) is 2.07. The Morgan fingerprint density at radius 1 is 1.45 bits per heavy atom. The molecule has 112 valence electrons. The monoisotopic (exact) mass is 353 g/mol. The summed E-state index contributed by atoms with van der Waals surface area (Å²) in [6, 6.07) is 9.36. The van der Waals surface area contributed by atoms with E-state index in [0.29, 0.717) is 0 Å². The number of carbonyl (C=O) groups is 1. The second-order valence-corrected chi connectivity index (χ2v) is 5.33. The predicted octanol–water partition coefficient (Wildman–Crippen LogP) is 3.38. The van der Waals surface area contributed by atoms with Crippen molar-refractivity contribution < 1.29 is 23.1 Å². The van der Waals surface area contributed by atoms with E-state index in [9.17, 15) is 13.2 Å². The first-order chi connectivity index (χ1) is 9.29. The van der Waals surface area contributed by atoms with Gasteiger partial charge in [-0.1, -0.05) is 28.1 Å². The number of hydrogen-bond acceptors (Lipinski definition) is 2. The fourth-order valence-electron chi connectivity index (χ4n) is 1.63. The van der Waals surface area contributed by atoms with Crippen molar-refractivity contribution in [1.29, 1.82) is 0 Å². The minimum Gasteiger partial charge on any atom is -0.475 e. The summed E-state index contributed by atoms with van der Waals surface area (Å²) in [6.45, 7) is 1.21. The quantitative estimate of drug-likeness (QED) is 0.875. The summed E-state index contributed by atoms with van der Waals surface area (Å²) in [5, 5.41) is 10.5. The highest BCUT2D eigenvalue weighted by Gasteiger charge is 2.38. The van der Waals surface area contributed by atoms with Crippen molar-refractivity contribution in [2.75, 3.05) is 6.54 Å². The van der Waals surface area contributed by atoms with Gasteiger partial charge < -0.3 is 10.4 Å². The zero-order valence-corrected chi connectivity index (χ0v) is 12.2. The molecule has 1 saturated heterocycles. The van der Waals surface area contributed by atoms with Gasteiger partial charge in [0.2, 0.25) is 0 Å². The summed E-state index contributed by atoms with van der Waals surface area (Å²) < 4.78 is 32.9. The molecule has 2 rings (SSSR count). The molecule has 1 fully saturated rings. The van der Waals surface area contributed by atoms with E-state index in [1.807, 2.05) is 0 Å². The SMILES string of the molecule is Brc1cccc(CCC2CCN2)c1.O=C(O)C(F)(F)F. The van der Waals surface area contributed by atoms with E-state index in [4.69, 9.17) is 9.90 Å². The van der Waals surface area contributed by atoms with Crippen LogP contribution in [0, 0.1) is 0 Å². The average Bonchev–Trinajstić information content (AvgIpc) is 2.26. The van der Waals surface area contributed by atoms with Gasteiger partial charge in [0.05, 0.1) is 0 Å². The summed E-state index contributed by atoms with van der Waals surface area (Å²) in [6.07, 6.45) is -1.26. The molecule has 3 nitrogen and oxygen atoms in total. The molecular weight excluding hydrogens is 339 g/mol. The van der Waals surface area contributed by atoms with E-state index in [1.54, 1.807) is 0 Å². The molecule has 0 amide bonds. The van der Waals surface area contributed by atoms with Crippen molar-refractivity contribution in [3.05, 3.63) is 34.3 Å². The van der Waals surface area contributed by atoms with Crippen LogP contribution >= 0.6 is 15.9 Å². The van der Waals surface area contributed by atoms with Crippen LogP contribution in [0.15, 0.2) is 28.7 Å². The lowest BCUT2D eigenvalue weighted by Gasteiger charge is -2.27. The normalized spacial score (nSPS) is 17.7. The number of nitrogens with one attached hydrogen (secondary N) is 1. The van der Waals surface area contributed by atoms with Crippen LogP contribution < -0.4 is 5.32 Å². The molecule has 0 aliphatic carbocycles. The van der Waals surface area contributed by atoms with Crippen LogP contribution in [0.5, 0.6) is 0 Å². The van der Waals surface area contributed by atoms with Gasteiger partial charge in [-0.2, -0.15) is 13.2 Å². The Morgan fingerprint density at radius 3 is 2.45 bits per heavy atom. The fraction of sp³-hybridized carbons (Fsp3) is 0.462. The molecule has 7 heteroatoms. The van der Waals surface area contributed by atoms with Crippen LogP contribution in [-0.4, -0.2) is 29.8 Å². The van der Waals surface area contributed by atoms with Gasteiger partial charge in [-0.05, 0) is 43.5 Å². The van der Waals surface area contributed by atoms with Crippen LogP contribution in [0.2, 0.25) is 0 Å². The van der Waals surface area contributed by atoms with Gasteiger partial charge in [-0.15, -0.1) is 0 Å². The third-order valence-electron chi connectivity index (χ3n) is 2.84. The lowest BCUT2D eigenvalue weighted by molar-refractivity contribution is -0.192. The number of aliphatic carboxylic acids is 1. The average molecular weight is 354 g/mol. The van der Waals surface area contributed by atoms with E-state index in [1.165, 1.54) is 35.8 Å². The Kier molecular flexibility index (Phi) is 6.48. The first-order valence-electron chi connectivity index (χ1n) is 6.07. The predicted molar refractivity (Wildman–Crippen MR) is 72.6 cm³/mol. The molecule has 1 aliphatic rings. The Bertz CT molecular complexity index is 447. The van der Waals surface area contributed by atoms with Gasteiger partial charge in [-0.3, -0.25) is 0 Å². The number of carboxylic acids is 1. The van der Waals surface area contributed by atoms with Crippen molar-refractivity contribution in [2.45, 2.75) is 31.5 Å². The van der Waals surface area contributed by atoms with Gasteiger partial charge >= 0.3 is 12.1 Å². The highest BCUT2D eigenvalue weighted by molar-refractivity contribution is 9.10. The van der Waals surface area contributed by atoms with Crippen molar-refractivity contribution in [1.82, 2.24) is 5.32 Å². The molecule has 1 aromatic rings. The number of halogens is 4. The largest absolute Gasteiger partial charge is 0.490 e. The lowest BCUT2D eigenvalue weighted by atomic mass is 9.99. The minimum absolute atomic E-state index is 0.777. The summed E-state index contributed by atoms with van der Waals surface area (Å²) in [4.78, 5) is 8.90. The van der Waals surface area contributed by atoms with Crippen molar-refractivity contribution in [3.8, 4) is 0 Å². The Balaban J connectivity index is 0.000000246. The lowest BCUT2D eigenvalue weighted by Crippen LogP contribution is -2.42. The maximum Gasteiger partial charge on any atom is 0.490 e. The smallest absolute Gasteiger partial charge is 0.475 e. The number of alkyl halides is 3. The Labute approximate surface area is 123 Å². The third kappa shape index (κ3) is 6.38. The van der Waals surface area contributed by atoms with Gasteiger partial charge in [0, 0.05) is 10.5 Å². The number of benzene rings is 1. The molecule has 0 saturated carbocycles. The van der Waals surface area contributed by atoms with Gasteiger partial charge in [0.15, 0.2) is 0 Å². The number of rotatable bonds is 3. The highest BCUT2D eigenvalue weighted by Crippen LogP contribution is 2.16. The molecular formula is C13H15BrF3NO2. The van der Waals surface area contributed by atoms with E-state index in [2.05, 4.69) is 45.5 Å². The molecule has 1 aromatic carbocycles. The first-order valence-corrected chi connectivity index (χ1v) is 6.86. The van der Waals surface area contributed by atoms with Crippen molar-refractivity contribution in [3.63, 3.8) is 0 Å². The number of aryl methyl sites for hydroxylation is 1. The molecule has 2 N–H and O–H groups in total. The molecule has 1 unspecified atom stereocenters. The van der Waals surface area contributed by atoms with E-state index >= 15 is 0 Å². The van der Waals surface area contributed by atoms with Crippen LogP contribution in [0.3, 0.4) is 0 Å². The molecule has 1 heterocycles. The highest BCUT2D eigenvalue weighted by atomic mass is 79.9. The van der Waals surface area contributed by atoms with E-state index < -0.39 is 12.1 Å². The molecule has 1 atom stereocenters. The molecule has 20 heavy (non-hydrogen) atoms. The Morgan fingerprint density at radius 2 is 2.05 bits per heavy atom. The molecule has 0 bridgehead atoms.